The zero-order valence-electron chi connectivity index (χ0n) is 15.1. The van der Waals surface area contributed by atoms with Gasteiger partial charge in [0.2, 0.25) is 5.13 Å². The molecule has 5 nitrogen and oxygen atoms in total. The maximum atomic E-state index is 12.5. The van der Waals surface area contributed by atoms with Gasteiger partial charge in [-0.05, 0) is 55.9 Å². The van der Waals surface area contributed by atoms with Gasteiger partial charge in [-0.1, -0.05) is 47.7 Å². The van der Waals surface area contributed by atoms with Crippen LogP contribution in [0, 0.1) is 0 Å². The Bertz CT molecular complexity index is 940. The van der Waals surface area contributed by atoms with Crippen LogP contribution in [-0.2, 0) is 17.6 Å². The molecule has 0 bridgehead atoms. The number of benzene rings is 2. The number of nitrogens with one attached hydrogen (secondary N) is 1. The van der Waals surface area contributed by atoms with Crippen molar-refractivity contribution in [3.05, 3.63) is 59.7 Å². The number of fused-ring (bicyclic) bond motifs is 1. The summed E-state index contributed by atoms with van der Waals surface area (Å²) in [6.07, 6.45) is 4.06. The Kier molecular flexibility index (Phi) is 5.16. The molecular weight excluding hydrogens is 358 g/mol. The number of amides is 1. The topological polar surface area (TPSA) is 64.1 Å². The van der Waals surface area contributed by atoms with Crippen molar-refractivity contribution >= 4 is 22.4 Å². The summed E-state index contributed by atoms with van der Waals surface area (Å²) in [5.74, 6) is 0.504. The van der Waals surface area contributed by atoms with Crippen LogP contribution in [0.2, 0.25) is 0 Å². The average Bonchev–Trinajstić information content (AvgIpc) is 3.17. The largest absolute Gasteiger partial charge is 0.481 e. The lowest BCUT2D eigenvalue weighted by molar-refractivity contribution is -0.122. The van der Waals surface area contributed by atoms with Crippen LogP contribution in [0.25, 0.3) is 10.6 Å². The number of carbonyl (C=O) groups is 1. The van der Waals surface area contributed by atoms with Gasteiger partial charge >= 0.3 is 0 Å². The molecule has 1 heterocycles. The molecule has 1 atom stereocenters. The van der Waals surface area contributed by atoms with Gasteiger partial charge in [0.1, 0.15) is 10.8 Å². The standard InChI is InChI=1S/C21H21N3O2S/c1-14(26-18-12-11-15-7-5-6-10-17(15)13-18)19(25)22-21-24-23-20(27-21)16-8-3-2-4-9-16/h2-4,8-9,11-14H,5-7,10H2,1H3,(H,22,24,25). The molecule has 4 rings (SSSR count). The first-order valence-corrected chi connectivity index (χ1v) is 9.99. The molecule has 0 saturated carbocycles. The summed E-state index contributed by atoms with van der Waals surface area (Å²) in [5.41, 5.74) is 3.71. The predicted octanol–water partition coefficient (Wildman–Crippen LogP) is 4.49. The van der Waals surface area contributed by atoms with Gasteiger partial charge in [0.15, 0.2) is 6.10 Å². The van der Waals surface area contributed by atoms with E-state index in [0.29, 0.717) is 5.13 Å². The monoisotopic (exact) mass is 379 g/mol. The number of hydrogen-bond donors (Lipinski definition) is 1. The summed E-state index contributed by atoms with van der Waals surface area (Å²) in [4.78, 5) is 12.5. The fraction of sp³-hybridized carbons (Fsp3) is 0.286. The minimum absolute atomic E-state index is 0.233. The van der Waals surface area contributed by atoms with E-state index in [1.165, 1.54) is 35.3 Å². The fourth-order valence-corrected chi connectivity index (χ4v) is 3.97. The van der Waals surface area contributed by atoms with Crippen LogP contribution in [0.4, 0.5) is 5.13 Å². The summed E-state index contributed by atoms with van der Waals surface area (Å²) in [6, 6.07) is 15.9. The molecule has 138 valence electrons. The lowest BCUT2D eigenvalue weighted by Crippen LogP contribution is -2.30. The Labute approximate surface area is 162 Å². The number of nitrogens with zero attached hydrogens (tertiary/aromatic N) is 2. The first kappa shape index (κ1) is 17.7. The Balaban J connectivity index is 1.39. The van der Waals surface area contributed by atoms with Crippen molar-refractivity contribution in [3.8, 4) is 16.3 Å². The van der Waals surface area contributed by atoms with Crippen LogP contribution in [-0.4, -0.2) is 22.2 Å². The van der Waals surface area contributed by atoms with Crippen molar-refractivity contribution in [1.82, 2.24) is 10.2 Å². The molecule has 6 heteroatoms. The van der Waals surface area contributed by atoms with E-state index < -0.39 is 6.10 Å². The molecule has 27 heavy (non-hydrogen) atoms. The minimum Gasteiger partial charge on any atom is -0.481 e. The minimum atomic E-state index is -0.615. The Morgan fingerprint density at radius 2 is 1.85 bits per heavy atom. The van der Waals surface area contributed by atoms with Crippen molar-refractivity contribution in [3.63, 3.8) is 0 Å². The molecule has 2 aromatic carbocycles. The fourth-order valence-electron chi connectivity index (χ4n) is 3.22. The highest BCUT2D eigenvalue weighted by molar-refractivity contribution is 7.18. The highest BCUT2D eigenvalue weighted by Crippen LogP contribution is 2.27. The zero-order chi connectivity index (χ0) is 18.6. The van der Waals surface area contributed by atoms with E-state index in [-0.39, 0.29) is 5.91 Å². The Morgan fingerprint density at radius 1 is 1.07 bits per heavy atom. The van der Waals surface area contributed by atoms with Gasteiger partial charge in [0, 0.05) is 5.56 Å². The van der Waals surface area contributed by atoms with Crippen LogP contribution >= 0.6 is 11.3 Å². The van der Waals surface area contributed by atoms with E-state index in [4.69, 9.17) is 4.74 Å². The molecule has 1 N–H and O–H groups in total. The number of anilines is 1. The second-order valence-corrected chi connectivity index (χ2v) is 7.64. The SMILES string of the molecule is CC(Oc1ccc2c(c1)CCCC2)C(=O)Nc1nnc(-c2ccccc2)s1. The van der Waals surface area contributed by atoms with Gasteiger partial charge in [0.25, 0.3) is 5.91 Å². The third-order valence-corrected chi connectivity index (χ3v) is 5.57. The van der Waals surface area contributed by atoms with E-state index in [9.17, 15) is 4.79 Å². The number of ether oxygens (including phenoxy) is 1. The second-order valence-electron chi connectivity index (χ2n) is 6.67. The molecule has 0 fully saturated rings. The van der Waals surface area contributed by atoms with Gasteiger partial charge in [0.05, 0.1) is 0 Å². The smallest absolute Gasteiger partial charge is 0.266 e. The van der Waals surface area contributed by atoms with Crippen LogP contribution in [0.1, 0.15) is 30.9 Å². The van der Waals surface area contributed by atoms with Gasteiger partial charge in [-0.2, -0.15) is 0 Å². The molecule has 0 radical (unpaired) electrons. The maximum absolute atomic E-state index is 12.5. The van der Waals surface area contributed by atoms with Gasteiger partial charge in [-0.3, -0.25) is 10.1 Å². The Morgan fingerprint density at radius 3 is 2.67 bits per heavy atom. The van der Waals surface area contributed by atoms with Crippen molar-refractivity contribution in [2.24, 2.45) is 0 Å². The van der Waals surface area contributed by atoms with E-state index in [2.05, 4.69) is 27.6 Å². The molecule has 0 saturated heterocycles. The molecule has 1 aliphatic rings. The summed E-state index contributed by atoms with van der Waals surface area (Å²) in [6.45, 7) is 1.74. The van der Waals surface area contributed by atoms with Crippen molar-refractivity contribution < 1.29 is 9.53 Å². The zero-order valence-corrected chi connectivity index (χ0v) is 16.0. The molecular formula is C21H21N3O2S. The molecule has 3 aromatic rings. The molecule has 0 aliphatic heterocycles. The number of aromatic nitrogens is 2. The van der Waals surface area contributed by atoms with Crippen LogP contribution in [0.15, 0.2) is 48.5 Å². The van der Waals surface area contributed by atoms with Gasteiger partial charge < -0.3 is 4.74 Å². The molecule has 1 aliphatic carbocycles. The average molecular weight is 379 g/mol. The lowest BCUT2D eigenvalue weighted by Gasteiger charge is -2.18. The third kappa shape index (κ3) is 4.17. The number of rotatable bonds is 5. The highest BCUT2D eigenvalue weighted by atomic mass is 32.1. The third-order valence-electron chi connectivity index (χ3n) is 4.68. The van der Waals surface area contributed by atoms with Crippen LogP contribution in [0.5, 0.6) is 5.75 Å². The first-order valence-electron chi connectivity index (χ1n) is 9.17. The van der Waals surface area contributed by atoms with Crippen molar-refractivity contribution in [2.75, 3.05) is 5.32 Å². The normalized spacial score (nSPS) is 14.3. The van der Waals surface area contributed by atoms with Crippen LogP contribution in [0.3, 0.4) is 0 Å². The summed E-state index contributed by atoms with van der Waals surface area (Å²) >= 11 is 1.35. The summed E-state index contributed by atoms with van der Waals surface area (Å²) in [5, 5.41) is 12.2. The van der Waals surface area contributed by atoms with Gasteiger partial charge in [-0.15, -0.1) is 10.2 Å². The van der Waals surface area contributed by atoms with E-state index in [1.54, 1.807) is 6.92 Å². The first-order chi connectivity index (χ1) is 13.2. The molecule has 0 spiro atoms. The highest BCUT2D eigenvalue weighted by Gasteiger charge is 2.18. The quantitative estimate of drug-likeness (QED) is 0.709. The number of aryl methyl sites for hydroxylation is 2. The summed E-state index contributed by atoms with van der Waals surface area (Å²) in [7, 11) is 0. The second kappa shape index (κ2) is 7.88. The molecule has 1 unspecified atom stereocenters. The predicted molar refractivity (Wildman–Crippen MR) is 107 cm³/mol. The van der Waals surface area contributed by atoms with E-state index in [0.717, 1.165) is 29.2 Å². The van der Waals surface area contributed by atoms with Crippen LogP contribution < -0.4 is 10.1 Å². The lowest BCUT2D eigenvalue weighted by atomic mass is 9.92. The number of carbonyl (C=O) groups excluding carboxylic acids is 1. The summed E-state index contributed by atoms with van der Waals surface area (Å²) < 4.78 is 5.85. The van der Waals surface area contributed by atoms with Crippen molar-refractivity contribution in [1.29, 1.82) is 0 Å². The Hall–Kier alpha value is -2.73. The van der Waals surface area contributed by atoms with E-state index in [1.807, 2.05) is 36.4 Å². The molecule has 1 amide bonds. The van der Waals surface area contributed by atoms with Gasteiger partial charge in [-0.25, -0.2) is 0 Å². The van der Waals surface area contributed by atoms with Crippen molar-refractivity contribution in [2.45, 2.75) is 38.7 Å². The number of hydrogen-bond acceptors (Lipinski definition) is 5. The van der Waals surface area contributed by atoms with E-state index >= 15 is 0 Å². The molecule has 1 aromatic heterocycles. The maximum Gasteiger partial charge on any atom is 0.266 e.